The third-order valence-electron chi connectivity index (χ3n) is 3.42. The lowest BCUT2D eigenvalue weighted by molar-refractivity contribution is 0.293. The maximum Gasteiger partial charge on any atom is 0.191 e. The maximum atomic E-state index is 13.6. The van der Waals surface area contributed by atoms with Crippen LogP contribution in [-0.4, -0.2) is 43.6 Å². The van der Waals surface area contributed by atoms with Crippen LogP contribution in [0.15, 0.2) is 29.3 Å². The Bertz CT molecular complexity index is 448. The van der Waals surface area contributed by atoms with Gasteiger partial charge >= 0.3 is 0 Å². The Kier molecular flexibility index (Phi) is 9.23. The van der Waals surface area contributed by atoms with Crippen molar-refractivity contribution in [3.63, 3.8) is 0 Å². The lowest BCUT2D eigenvalue weighted by atomic mass is 10.2. The summed E-state index contributed by atoms with van der Waals surface area (Å²) in [6.07, 6.45) is 1.16. The number of hydrogen-bond acceptors (Lipinski definition) is 2. The Hall–Kier alpha value is -1.62. The van der Waals surface area contributed by atoms with E-state index in [0.717, 1.165) is 45.1 Å². The summed E-state index contributed by atoms with van der Waals surface area (Å²) in [7, 11) is 0. The first-order chi connectivity index (χ1) is 10.7. The average molecular weight is 308 g/mol. The molecule has 0 aromatic heterocycles. The molecule has 0 bridgehead atoms. The van der Waals surface area contributed by atoms with Crippen LogP contribution in [-0.2, 0) is 6.54 Å². The molecular formula is C17H29FN4. The zero-order valence-electron chi connectivity index (χ0n) is 14.0. The second-order valence-electron chi connectivity index (χ2n) is 5.15. The molecule has 1 aromatic rings. The summed E-state index contributed by atoms with van der Waals surface area (Å²) in [5.41, 5.74) is 0.612. The first-order valence-electron chi connectivity index (χ1n) is 8.19. The van der Waals surface area contributed by atoms with Gasteiger partial charge in [0.2, 0.25) is 0 Å². The number of hydrogen-bond donors (Lipinski definition) is 2. The van der Waals surface area contributed by atoms with Crippen LogP contribution in [0, 0.1) is 5.82 Å². The fourth-order valence-electron chi connectivity index (χ4n) is 2.21. The van der Waals surface area contributed by atoms with Crippen LogP contribution < -0.4 is 10.6 Å². The molecule has 0 amide bonds. The predicted octanol–water partition coefficient (Wildman–Crippen LogP) is 2.61. The van der Waals surface area contributed by atoms with Crippen LogP contribution in [0.5, 0.6) is 0 Å². The minimum Gasteiger partial charge on any atom is -0.357 e. The van der Waals surface area contributed by atoms with Gasteiger partial charge in [0.05, 0.1) is 6.54 Å². The number of nitrogens with one attached hydrogen (secondary N) is 2. The molecule has 0 aliphatic heterocycles. The molecule has 0 unspecified atom stereocenters. The number of benzene rings is 1. The van der Waals surface area contributed by atoms with Gasteiger partial charge in [-0.05, 0) is 32.5 Å². The maximum absolute atomic E-state index is 13.6. The van der Waals surface area contributed by atoms with Gasteiger partial charge < -0.3 is 15.5 Å². The van der Waals surface area contributed by atoms with Crippen LogP contribution in [0.4, 0.5) is 4.39 Å². The molecule has 2 N–H and O–H groups in total. The van der Waals surface area contributed by atoms with Crippen LogP contribution in [0.2, 0.25) is 0 Å². The first-order valence-corrected chi connectivity index (χ1v) is 8.19. The Morgan fingerprint density at radius 1 is 1.14 bits per heavy atom. The fraction of sp³-hybridized carbons (Fsp3) is 0.588. The molecule has 0 radical (unpaired) electrons. The molecule has 1 aromatic carbocycles. The highest BCUT2D eigenvalue weighted by atomic mass is 19.1. The van der Waals surface area contributed by atoms with Crippen molar-refractivity contribution in [2.75, 3.05) is 32.7 Å². The third kappa shape index (κ3) is 6.89. The smallest absolute Gasteiger partial charge is 0.191 e. The molecule has 0 spiro atoms. The number of guanidine groups is 1. The molecule has 0 aliphatic carbocycles. The standard InChI is InChI=1S/C17H29FN4/c1-4-12-22(6-3)13-11-20-17(19-5-2)21-14-15-9-7-8-10-16(15)18/h7-10H,4-6,11-14H2,1-3H3,(H2,19,20,21). The highest BCUT2D eigenvalue weighted by Gasteiger charge is 2.03. The molecule has 1 rings (SSSR count). The zero-order valence-corrected chi connectivity index (χ0v) is 14.0. The van der Waals surface area contributed by atoms with Crippen molar-refractivity contribution in [2.45, 2.75) is 33.7 Å². The van der Waals surface area contributed by atoms with E-state index < -0.39 is 0 Å². The van der Waals surface area contributed by atoms with E-state index in [9.17, 15) is 4.39 Å². The molecule has 0 aliphatic rings. The molecule has 4 nitrogen and oxygen atoms in total. The third-order valence-corrected chi connectivity index (χ3v) is 3.42. The van der Waals surface area contributed by atoms with Crippen LogP contribution in [0.1, 0.15) is 32.8 Å². The molecule has 0 saturated carbocycles. The van der Waals surface area contributed by atoms with E-state index >= 15 is 0 Å². The summed E-state index contributed by atoms with van der Waals surface area (Å²) in [5.74, 6) is 0.528. The Morgan fingerprint density at radius 2 is 1.91 bits per heavy atom. The van der Waals surface area contributed by atoms with Gasteiger partial charge in [0.25, 0.3) is 0 Å². The van der Waals surface area contributed by atoms with Gasteiger partial charge in [-0.15, -0.1) is 0 Å². The summed E-state index contributed by atoms with van der Waals surface area (Å²) in [4.78, 5) is 6.85. The van der Waals surface area contributed by atoms with E-state index in [0.29, 0.717) is 12.1 Å². The lowest BCUT2D eigenvalue weighted by Gasteiger charge is -2.20. The normalized spacial score (nSPS) is 11.8. The lowest BCUT2D eigenvalue weighted by Crippen LogP contribution is -2.41. The molecule has 0 heterocycles. The SMILES string of the molecule is CCCN(CC)CCNC(=NCc1ccccc1F)NCC. The van der Waals surface area contributed by atoms with Gasteiger partial charge in [0, 0.05) is 25.2 Å². The monoisotopic (exact) mass is 308 g/mol. The highest BCUT2D eigenvalue weighted by molar-refractivity contribution is 5.79. The van der Waals surface area contributed by atoms with E-state index in [1.807, 2.05) is 13.0 Å². The largest absolute Gasteiger partial charge is 0.357 e. The van der Waals surface area contributed by atoms with Gasteiger partial charge in [0.1, 0.15) is 5.82 Å². The first kappa shape index (κ1) is 18.4. The van der Waals surface area contributed by atoms with Gasteiger partial charge in [-0.1, -0.05) is 32.0 Å². The van der Waals surface area contributed by atoms with Gasteiger partial charge in [0.15, 0.2) is 5.96 Å². The van der Waals surface area contributed by atoms with Crippen molar-refractivity contribution < 1.29 is 4.39 Å². The van der Waals surface area contributed by atoms with Gasteiger partial charge in [-0.3, -0.25) is 0 Å². The van der Waals surface area contributed by atoms with E-state index in [4.69, 9.17) is 0 Å². The molecule has 124 valence electrons. The van der Waals surface area contributed by atoms with Crippen molar-refractivity contribution >= 4 is 5.96 Å². The Labute approximate surface area is 133 Å². The summed E-state index contributed by atoms with van der Waals surface area (Å²) in [6, 6.07) is 6.76. The Balaban J connectivity index is 2.50. The summed E-state index contributed by atoms with van der Waals surface area (Å²) in [6.45, 7) is 11.5. The highest BCUT2D eigenvalue weighted by Crippen LogP contribution is 2.07. The number of likely N-dealkylation sites (N-methyl/N-ethyl adjacent to an activating group) is 1. The quantitative estimate of drug-likeness (QED) is 0.544. The predicted molar refractivity (Wildman–Crippen MR) is 91.6 cm³/mol. The summed E-state index contributed by atoms with van der Waals surface area (Å²) in [5, 5.41) is 6.50. The van der Waals surface area contributed by atoms with E-state index in [1.165, 1.54) is 6.07 Å². The molecule has 5 heteroatoms. The van der Waals surface area contributed by atoms with Crippen LogP contribution in [0.25, 0.3) is 0 Å². The minimum atomic E-state index is -0.206. The van der Waals surface area contributed by atoms with Gasteiger partial charge in [-0.2, -0.15) is 0 Å². The number of rotatable bonds is 9. The molecule has 0 atom stereocenters. The number of aliphatic imine (C=N–C) groups is 1. The van der Waals surface area contributed by atoms with E-state index in [1.54, 1.807) is 12.1 Å². The van der Waals surface area contributed by atoms with Crippen molar-refractivity contribution in [3.05, 3.63) is 35.6 Å². The number of halogens is 1. The summed E-state index contributed by atoms with van der Waals surface area (Å²) >= 11 is 0. The molecule has 22 heavy (non-hydrogen) atoms. The molecular weight excluding hydrogens is 279 g/mol. The zero-order chi connectivity index (χ0) is 16.2. The second-order valence-corrected chi connectivity index (χ2v) is 5.15. The second kappa shape index (κ2) is 11.0. The Morgan fingerprint density at radius 3 is 2.55 bits per heavy atom. The van der Waals surface area contributed by atoms with Crippen molar-refractivity contribution in [3.8, 4) is 0 Å². The molecule has 0 fully saturated rings. The topological polar surface area (TPSA) is 39.7 Å². The van der Waals surface area contributed by atoms with E-state index in [-0.39, 0.29) is 5.82 Å². The van der Waals surface area contributed by atoms with E-state index in [2.05, 4.69) is 34.4 Å². The van der Waals surface area contributed by atoms with Crippen molar-refractivity contribution in [1.82, 2.24) is 15.5 Å². The summed E-state index contributed by atoms with van der Waals surface area (Å²) < 4.78 is 13.6. The van der Waals surface area contributed by atoms with Gasteiger partial charge in [-0.25, -0.2) is 9.38 Å². The van der Waals surface area contributed by atoms with Crippen molar-refractivity contribution in [1.29, 1.82) is 0 Å². The number of nitrogens with zero attached hydrogens (tertiary/aromatic N) is 2. The van der Waals surface area contributed by atoms with Crippen molar-refractivity contribution in [2.24, 2.45) is 4.99 Å². The average Bonchev–Trinajstić information content (AvgIpc) is 2.53. The van der Waals surface area contributed by atoms with Crippen LogP contribution >= 0.6 is 0 Å². The van der Waals surface area contributed by atoms with Crippen LogP contribution in [0.3, 0.4) is 0 Å². The fourth-order valence-corrected chi connectivity index (χ4v) is 2.21. The molecule has 0 saturated heterocycles. The minimum absolute atomic E-state index is 0.206.